The molecule has 0 heterocycles. The molecule has 0 aromatic heterocycles. The number of hydrogen-bond acceptors (Lipinski definition) is 1. The van der Waals surface area contributed by atoms with Gasteiger partial charge in [-0.15, -0.1) is 0 Å². The van der Waals surface area contributed by atoms with Crippen molar-refractivity contribution >= 4 is 0 Å². The topological polar surface area (TPSA) is 20.2 Å². The minimum Gasteiger partial charge on any atom is -0.386 e. The van der Waals surface area contributed by atoms with Crippen molar-refractivity contribution in [3.05, 3.63) is 12.2 Å². The van der Waals surface area contributed by atoms with E-state index in [1.54, 1.807) is 0 Å². The fourth-order valence-electron chi connectivity index (χ4n) is 1.04. The molecule has 1 fully saturated rings. The SMILES string of the molecule is CCC=CC1(O)CCC1. The maximum absolute atomic E-state index is 9.45. The molecule has 9 heavy (non-hydrogen) atoms. The number of rotatable bonds is 2. The summed E-state index contributed by atoms with van der Waals surface area (Å²) in [5.74, 6) is 0. The molecule has 1 heteroatoms. The van der Waals surface area contributed by atoms with E-state index in [0.29, 0.717) is 0 Å². The molecule has 0 bridgehead atoms. The fraction of sp³-hybridized carbons (Fsp3) is 0.750. The van der Waals surface area contributed by atoms with Gasteiger partial charge < -0.3 is 5.11 Å². The third-order valence-electron chi connectivity index (χ3n) is 1.88. The average molecular weight is 126 g/mol. The van der Waals surface area contributed by atoms with Crippen LogP contribution in [0.1, 0.15) is 32.6 Å². The second-order valence-corrected chi connectivity index (χ2v) is 2.77. The van der Waals surface area contributed by atoms with Gasteiger partial charge in [0, 0.05) is 0 Å². The van der Waals surface area contributed by atoms with Gasteiger partial charge in [-0.25, -0.2) is 0 Å². The van der Waals surface area contributed by atoms with Crippen molar-refractivity contribution in [3.8, 4) is 0 Å². The molecule has 0 saturated heterocycles. The van der Waals surface area contributed by atoms with Gasteiger partial charge in [0.1, 0.15) is 0 Å². The van der Waals surface area contributed by atoms with E-state index in [-0.39, 0.29) is 0 Å². The highest BCUT2D eigenvalue weighted by Gasteiger charge is 2.30. The maximum atomic E-state index is 9.45. The maximum Gasteiger partial charge on any atom is 0.0827 e. The van der Waals surface area contributed by atoms with Crippen LogP contribution in [0.25, 0.3) is 0 Å². The second kappa shape index (κ2) is 2.53. The Morgan fingerprint density at radius 3 is 2.56 bits per heavy atom. The van der Waals surface area contributed by atoms with Gasteiger partial charge in [-0.1, -0.05) is 19.1 Å². The number of hydrogen-bond donors (Lipinski definition) is 1. The summed E-state index contributed by atoms with van der Waals surface area (Å²) in [4.78, 5) is 0. The highest BCUT2D eigenvalue weighted by molar-refractivity contribution is 5.05. The Morgan fingerprint density at radius 2 is 2.22 bits per heavy atom. The molecule has 1 N–H and O–H groups in total. The van der Waals surface area contributed by atoms with Gasteiger partial charge in [-0.2, -0.15) is 0 Å². The molecule has 0 unspecified atom stereocenters. The van der Waals surface area contributed by atoms with Gasteiger partial charge in [0.05, 0.1) is 5.60 Å². The van der Waals surface area contributed by atoms with Crippen LogP contribution in [-0.4, -0.2) is 10.7 Å². The van der Waals surface area contributed by atoms with E-state index in [9.17, 15) is 5.11 Å². The van der Waals surface area contributed by atoms with E-state index in [4.69, 9.17) is 0 Å². The molecule has 52 valence electrons. The highest BCUT2D eigenvalue weighted by atomic mass is 16.3. The van der Waals surface area contributed by atoms with Gasteiger partial charge in [0.15, 0.2) is 0 Å². The Bertz CT molecular complexity index is 112. The number of allylic oxidation sites excluding steroid dienone is 1. The first kappa shape index (κ1) is 6.81. The quantitative estimate of drug-likeness (QED) is 0.560. The van der Waals surface area contributed by atoms with Crippen LogP contribution in [0.2, 0.25) is 0 Å². The summed E-state index contributed by atoms with van der Waals surface area (Å²) in [6.07, 6.45) is 8.12. The fourth-order valence-corrected chi connectivity index (χ4v) is 1.04. The largest absolute Gasteiger partial charge is 0.386 e. The van der Waals surface area contributed by atoms with Crippen LogP contribution < -0.4 is 0 Å². The van der Waals surface area contributed by atoms with Crippen LogP contribution in [-0.2, 0) is 0 Å². The molecule has 1 rings (SSSR count). The molecule has 0 spiro atoms. The standard InChI is InChI=1S/C8H14O/c1-2-3-5-8(9)6-4-7-8/h3,5,9H,2,4,6-7H2,1H3. The molecule has 0 aliphatic heterocycles. The lowest BCUT2D eigenvalue weighted by Crippen LogP contribution is -2.33. The Labute approximate surface area is 56.4 Å². The van der Waals surface area contributed by atoms with Crippen LogP contribution in [0.5, 0.6) is 0 Å². The smallest absolute Gasteiger partial charge is 0.0827 e. The van der Waals surface area contributed by atoms with Crippen molar-refractivity contribution in [3.63, 3.8) is 0 Å². The van der Waals surface area contributed by atoms with Crippen LogP contribution in [0, 0.1) is 0 Å². The normalized spacial score (nSPS) is 24.2. The molecule has 0 amide bonds. The molecule has 1 saturated carbocycles. The average Bonchev–Trinajstić information content (AvgIpc) is 1.79. The summed E-state index contributed by atoms with van der Waals surface area (Å²) in [7, 11) is 0. The monoisotopic (exact) mass is 126 g/mol. The molecule has 1 aliphatic rings. The van der Waals surface area contributed by atoms with Gasteiger partial charge in [-0.3, -0.25) is 0 Å². The second-order valence-electron chi connectivity index (χ2n) is 2.77. The van der Waals surface area contributed by atoms with E-state index < -0.39 is 5.60 Å². The van der Waals surface area contributed by atoms with Crippen molar-refractivity contribution in [2.24, 2.45) is 0 Å². The summed E-state index contributed by atoms with van der Waals surface area (Å²) >= 11 is 0. The van der Waals surface area contributed by atoms with Gasteiger partial charge in [0.2, 0.25) is 0 Å². The zero-order valence-electron chi connectivity index (χ0n) is 5.93. The van der Waals surface area contributed by atoms with Crippen molar-refractivity contribution in [1.29, 1.82) is 0 Å². The van der Waals surface area contributed by atoms with E-state index in [2.05, 4.69) is 6.92 Å². The lowest BCUT2D eigenvalue weighted by Gasteiger charge is -2.33. The predicted molar refractivity (Wildman–Crippen MR) is 38.2 cm³/mol. The van der Waals surface area contributed by atoms with E-state index >= 15 is 0 Å². The first-order valence-corrected chi connectivity index (χ1v) is 3.67. The summed E-state index contributed by atoms with van der Waals surface area (Å²) < 4.78 is 0. The predicted octanol–water partition coefficient (Wildman–Crippen LogP) is 1.87. The molecular formula is C8H14O. The Kier molecular flexibility index (Phi) is 1.91. The first-order valence-electron chi connectivity index (χ1n) is 3.67. The van der Waals surface area contributed by atoms with Crippen molar-refractivity contribution in [2.45, 2.75) is 38.2 Å². The third-order valence-corrected chi connectivity index (χ3v) is 1.88. The van der Waals surface area contributed by atoms with E-state index in [0.717, 1.165) is 19.3 Å². The summed E-state index contributed by atoms with van der Waals surface area (Å²) in [6.45, 7) is 2.08. The molecule has 0 radical (unpaired) electrons. The lowest BCUT2D eigenvalue weighted by molar-refractivity contribution is 0.0140. The van der Waals surface area contributed by atoms with Crippen LogP contribution in [0.15, 0.2) is 12.2 Å². The molecule has 0 aromatic carbocycles. The van der Waals surface area contributed by atoms with Crippen molar-refractivity contribution in [1.82, 2.24) is 0 Å². The van der Waals surface area contributed by atoms with Gasteiger partial charge in [0.25, 0.3) is 0 Å². The third kappa shape index (κ3) is 1.55. The molecular weight excluding hydrogens is 112 g/mol. The van der Waals surface area contributed by atoms with Crippen molar-refractivity contribution in [2.75, 3.05) is 0 Å². The molecule has 1 nitrogen and oxygen atoms in total. The summed E-state index contributed by atoms with van der Waals surface area (Å²) in [5.41, 5.74) is -0.407. The van der Waals surface area contributed by atoms with Gasteiger partial charge in [-0.05, 0) is 25.7 Å². The zero-order chi connectivity index (χ0) is 6.74. The van der Waals surface area contributed by atoms with E-state index in [1.807, 2.05) is 12.2 Å². The minimum absolute atomic E-state index is 0.407. The van der Waals surface area contributed by atoms with Crippen LogP contribution >= 0.6 is 0 Å². The molecule has 1 aliphatic carbocycles. The summed E-state index contributed by atoms with van der Waals surface area (Å²) in [5, 5.41) is 9.45. The van der Waals surface area contributed by atoms with E-state index in [1.165, 1.54) is 6.42 Å². The molecule has 0 aromatic rings. The first-order chi connectivity index (χ1) is 4.27. The Morgan fingerprint density at radius 1 is 1.56 bits per heavy atom. The molecule has 0 atom stereocenters. The number of aliphatic hydroxyl groups is 1. The van der Waals surface area contributed by atoms with Crippen LogP contribution in [0.4, 0.5) is 0 Å². The zero-order valence-corrected chi connectivity index (χ0v) is 5.93. The van der Waals surface area contributed by atoms with Crippen LogP contribution in [0.3, 0.4) is 0 Å². The lowest BCUT2D eigenvalue weighted by atomic mass is 9.80. The summed E-state index contributed by atoms with van der Waals surface area (Å²) in [6, 6.07) is 0. The highest BCUT2D eigenvalue weighted by Crippen LogP contribution is 2.32. The van der Waals surface area contributed by atoms with Gasteiger partial charge >= 0.3 is 0 Å². The Balaban J connectivity index is 2.32. The Hall–Kier alpha value is -0.300. The minimum atomic E-state index is -0.407. The van der Waals surface area contributed by atoms with Crippen molar-refractivity contribution < 1.29 is 5.11 Å².